The minimum absolute atomic E-state index is 0.0694. The first-order chi connectivity index (χ1) is 29.0. The van der Waals surface area contributed by atoms with Crippen LogP contribution in [0.1, 0.15) is 126 Å². The van der Waals surface area contributed by atoms with Crippen molar-refractivity contribution in [3.05, 3.63) is 82.4 Å². The first kappa shape index (κ1) is 42.0. The predicted molar refractivity (Wildman–Crippen MR) is 219 cm³/mol. The first-order valence-electron chi connectivity index (χ1n) is 21.0. The summed E-state index contributed by atoms with van der Waals surface area (Å²) in [5.74, 6) is -0.792. The van der Waals surface area contributed by atoms with Gasteiger partial charge >= 0.3 is 6.18 Å². The molecule has 14 nitrogen and oxygen atoms in total. The van der Waals surface area contributed by atoms with E-state index in [0.717, 1.165) is 87.4 Å². The second kappa shape index (κ2) is 16.6. The summed E-state index contributed by atoms with van der Waals surface area (Å²) in [5, 5.41) is 19.2. The number of piperidine rings is 2. The number of anilines is 2. The fraction of sp³-hybridized carbons (Fsp3) is 0.477. The third-order valence-electron chi connectivity index (χ3n) is 12.6. The van der Waals surface area contributed by atoms with Gasteiger partial charge in [-0.15, -0.1) is 0 Å². The maximum Gasteiger partial charge on any atom is 0.433 e. The van der Waals surface area contributed by atoms with Gasteiger partial charge in [-0.05, 0) is 127 Å². The fourth-order valence-corrected chi connectivity index (χ4v) is 9.30. The molecule has 2 aromatic carbocycles. The first-order valence-corrected chi connectivity index (χ1v) is 21.0. The molecule has 4 aliphatic rings. The normalized spacial score (nSPS) is 21.8. The lowest BCUT2D eigenvalue weighted by molar-refractivity contribution is -0.141. The SMILES string of the molecule is CC(C)(O)c1cc2nc([C@H]3CC[C@H](CN4CCC(CCNc5cccc6c5C(=O)N(C5CCC(=O)NC5=O)C6=O)CC4)CC3)[nH]c2cc1NC(=O)c1cccc(C(F)(F)F)n1. The number of halogens is 3. The number of H-pyrrole nitrogens is 1. The number of aliphatic hydroxyl groups is 1. The molecule has 3 aliphatic heterocycles. The Balaban J connectivity index is 0.811. The number of fused-ring (bicyclic) bond motifs is 2. The van der Waals surface area contributed by atoms with Crippen molar-refractivity contribution in [1.29, 1.82) is 0 Å². The fourth-order valence-electron chi connectivity index (χ4n) is 9.30. The number of aromatic nitrogens is 3. The second-order valence-electron chi connectivity index (χ2n) is 17.3. The van der Waals surface area contributed by atoms with Crippen LogP contribution in [-0.4, -0.2) is 91.6 Å². The molecule has 1 atom stereocenters. The van der Waals surface area contributed by atoms with Crippen LogP contribution in [0.25, 0.3) is 11.0 Å². The molecule has 0 bridgehead atoms. The van der Waals surface area contributed by atoms with Gasteiger partial charge in [-0.2, -0.15) is 13.2 Å². The molecule has 1 aliphatic carbocycles. The van der Waals surface area contributed by atoms with Crippen LogP contribution in [0, 0.1) is 11.8 Å². The quantitative estimate of drug-likeness (QED) is 0.107. The average molecular weight is 843 g/mol. The van der Waals surface area contributed by atoms with Gasteiger partial charge in [0.25, 0.3) is 17.7 Å². The molecule has 2 saturated heterocycles. The molecule has 17 heteroatoms. The lowest BCUT2D eigenvalue weighted by atomic mass is 9.81. The number of rotatable bonds is 11. The molecular formula is C44H49F3N8O6. The van der Waals surface area contributed by atoms with E-state index in [1.807, 2.05) is 0 Å². The molecule has 61 heavy (non-hydrogen) atoms. The molecule has 322 valence electrons. The van der Waals surface area contributed by atoms with Crippen molar-refractivity contribution in [2.24, 2.45) is 11.8 Å². The number of hydrogen-bond donors (Lipinski definition) is 5. The summed E-state index contributed by atoms with van der Waals surface area (Å²) in [6.45, 7) is 6.82. The molecular weight excluding hydrogens is 794 g/mol. The zero-order valence-corrected chi connectivity index (χ0v) is 34.0. The largest absolute Gasteiger partial charge is 0.433 e. The Hall–Kier alpha value is -5.68. The molecule has 3 fully saturated rings. The minimum atomic E-state index is -4.70. The van der Waals surface area contributed by atoms with Crippen LogP contribution in [0.4, 0.5) is 24.5 Å². The lowest BCUT2D eigenvalue weighted by Crippen LogP contribution is -2.54. The number of imide groups is 2. The van der Waals surface area contributed by atoms with Crippen molar-refractivity contribution in [2.45, 2.75) is 95.4 Å². The van der Waals surface area contributed by atoms with Gasteiger partial charge in [-0.25, -0.2) is 9.97 Å². The molecule has 5 heterocycles. The highest BCUT2D eigenvalue weighted by Crippen LogP contribution is 2.39. The molecule has 5 N–H and O–H groups in total. The van der Waals surface area contributed by atoms with Gasteiger partial charge in [-0.1, -0.05) is 12.1 Å². The third-order valence-corrected chi connectivity index (χ3v) is 12.6. The average Bonchev–Trinajstić information content (AvgIpc) is 3.75. The van der Waals surface area contributed by atoms with Crippen LogP contribution in [0.2, 0.25) is 0 Å². The van der Waals surface area contributed by atoms with Crippen molar-refractivity contribution in [2.75, 3.05) is 36.8 Å². The second-order valence-corrected chi connectivity index (χ2v) is 17.3. The number of pyridine rings is 1. The third kappa shape index (κ3) is 8.89. The Morgan fingerprint density at radius 3 is 2.33 bits per heavy atom. The molecule has 2 aromatic heterocycles. The molecule has 0 spiro atoms. The number of likely N-dealkylation sites (tertiary alicyclic amines) is 1. The van der Waals surface area contributed by atoms with Crippen LogP contribution in [0.3, 0.4) is 0 Å². The minimum Gasteiger partial charge on any atom is -0.386 e. The number of alkyl halides is 3. The summed E-state index contributed by atoms with van der Waals surface area (Å²) in [5.41, 5.74) is 0.0278. The van der Waals surface area contributed by atoms with Crippen molar-refractivity contribution in [3.8, 4) is 0 Å². The highest BCUT2D eigenvalue weighted by atomic mass is 19.4. The van der Waals surface area contributed by atoms with Crippen LogP contribution < -0.4 is 16.0 Å². The maximum absolute atomic E-state index is 13.4. The summed E-state index contributed by atoms with van der Waals surface area (Å²) < 4.78 is 39.8. The number of imidazole rings is 1. The van der Waals surface area contributed by atoms with E-state index < -0.39 is 58.7 Å². The number of carbonyl (C=O) groups excluding carboxylic acids is 5. The van der Waals surface area contributed by atoms with Gasteiger partial charge in [0.1, 0.15) is 23.3 Å². The Bertz CT molecular complexity index is 2380. The molecule has 1 unspecified atom stereocenters. The van der Waals surface area contributed by atoms with Crippen molar-refractivity contribution >= 4 is 51.9 Å². The van der Waals surface area contributed by atoms with Gasteiger partial charge in [0.15, 0.2) is 0 Å². The van der Waals surface area contributed by atoms with Crippen LogP contribution in [0.5, 0.6) is 0 Å². The Morgan fingerprint density at radius 1 is 0.885 bits per heavy atom. The van der Waals surface area contributed by atoms with E-state index in [2.05, 4.69) is 30.8 Å². The summed E-state index contributed by atoms with van der Waals surface area (Å²) in [6, 6.07) is 10.6. The van der Waals surface area contributed by atoms with Gasteiger partial charge < -0.3 is 25.6 Å². The smallest absolute Gasteiger partial charge is 0.386 e. The number of nitrogens with one attached hydrogen (secondary N) is 4. The van der Waals surface area contributed by atoms with Crippen LogP contribution >= 0.6 is 0 Å². The molecule has 8 rings (SSSR count). The van der Waals surface area contributed by atoms with Gasteiger partial charge in [0.05, 0.1) is 27.8 Å². The Kier molecular flexibility index (Phi) is 11.5. The van der Waals surface area contributed by atoms with E-state index in [4.69, 9.17) is 4.98 Å². The summed E-state index contributed by atoms with van der Waals surface area (Å²) in [7, 11) is 0. The molecule has 1 saturated carbocycles. The Labute approximate surface area is 350 Å². The van der Waals surface area contributed by atoms with E-state index in [9.17, 15) is 42.3 Å². The van der Waals surface area contributed by atoms with Crippen molar-refractivity contribution < 1.29 is 42.3 Å². The van der Waals surface area contributed by atoms with Crippen LogP contribution in [0.15, 0.2) is 48.5 Å². The zero-order valence-electron chi connectivity index (χ0n) is 34.0. The maximum atomic E-state index is 13.4. The summed E-state index contributed by atoms with van der Waals surface area (Å²) in [6.07, 6.45) is 2.54. The van der Waals surface area contributed by atoms with Crippen molar-refractivity contribution in [3.63, 3.8) is 0 Å². The number of benzene rings is 2. The number of carbonyl (C=O) groups is 5. The summed E-state index contributed by atoms with van der Waals surface area (Å²) in [4.78, 5) is 79.1. The van der Waals surface area contributed by atoms with Crippen LogP contribution in [-0.2, 0) is 21.4 Å². The van der Waals surface area contributed by atoms with E-state index in [0.29, 0.717) is 40.7 Å². The topological polar surface area (TPSA) is 190 Å². The highest BCUT2D eigenvalue weighted by molar-refractivity contribution is 6.25. The van der Waals surface area contributed by atoms with Gasteiger partial charge in [0.2, 0.25) is 11.8 Å². The monoisotopic (exact) mass is 842 g/mol. The number of nitrogens with zero attached hydrogens (tertiary/aromatic N) is 4. The van der Waals surface area contributed by atoms with E-state index >= 15 is 0 Å². The number of amides is 5. The zero-order chi connectivity index (χ0) is 43.2. The van der Waals surface area contributed by atoms with Gasteiger partial charge in [0, 0.05) is 42.4 Å². The highest BCUT2D eigenvalue weighted by Gasteiger charge is 2.45. The van der Waals surface area contributed by atoms with Crippen molar-refractivity contribution in [1.82, 2.24) is 30.1 Å². The summed E-state index contributed by atoms with van der Waals surface area (Å²) >= 11 is 0. The standard InChI is InChI=1S/C44H49F3N8O6/c1-43(2,61)28-21-32-33(22-31(28)52-39(57)30-7-4-8-35(49-30)44(45,46)47)51-38(50-32)26-11-9-25(10-12-26)23-54-19-16-24(17-20-54)15-18-48-29-6-3-5-27-37(29)42(60)55(41(27)59)34-13-14-36(56)53-40(34)58/h3-8,21-22,24-26,34,48,61H,9-20,23H2,1-2H3,(H,50,51)(H,52,57)(H,53,56,58)/t25-,26-,34?. The van der Waals surface area contributed by atoms with E-state index in [1.165, 1.54) is 6.07 Å². The van der Waals surface area contributed by atoms with Gasteiger partial charge in [-0.3, -0.25) is 34.2 Å². The van der Waals surface area contributed by atoms with E-state index in [-0.39, 0.29) is 35.6 Å². The van der Waals surface area contributed by atoms with E-state index in [1.54, 1.807) is 44.2 Å². The number of hydrogen-bond acceptors (Lipinski definition) is 10. The lowest BCUT2D eigenvalue weighted by Gasteiger charge is -2.36. The number of aromatic amines is 1. The predicted octanol–water partition coefficient (Wildman–Crippen LogP) is 6.35. The molecule has 4 aromatic rings. The Morgan fingerprint density at radius 2 is 1.62 bits per heavy atom. The molecule has 5 amide bonds. The molecule has 0 radical (unpaired) electrons.